The van der Waals surface area contributed by atoms with Gasteiger partial charge in [0.05, 0.1) is 11.2 Å². The van der Waals surface area contributed by atoms with Crippen molar-refractivity contribution in [3.63, 3.8) is 0 Å². The van der Waals surface area contributed by atoms with Crippen LogP contribution in [0.3, 0.4) is 0 Å². The first-order valence-corrected chi connectivity index (χ1v) is 11.5. The molecule has 2 aromatic carbocycles. The van der Waals surface area contributed by atoms with Crippen LogP contribution in [-0.2, 0) is 9.36 Å². The summed E-state index contributed by atoms with van der Waals surface area (Å²) in [4.78, 5) is 27.7. The van der Waals surface area contributed by atoms with Crippen LogP contribution < -0.4 is 4.74 Å². The molecule has 1 heterocycles. The number of esters is 1. The molecule has 0 saturated carbocycles. The van der Waals surface area contributed by atoms with Crippen molar-refractivity contribution in [2.45, 2.75) is 44.9 Å². The van der Waals surface area contributed by atoms with E-state index in [0.717, 1.165) is 6.92 Å². The van der Waals surface area contributed by atoms with Gasteiger partial charge in [-0.3, -0.25) is 0 Å². The second-order valence-electron chi connectivity index (χ2n) is 8.09. The van der Waals surface area contributed by atoms with Crippen LogP contribution in [0.25, 0.3) is 22.0 Å². The minimum Gasteiger partial charge on any atom is -0.419 e. The van der Waals surface area contributed by atoms with Gasteiger partial charge in [-0.2, -0.15) is 4.89 Å². The Kier molecular flexibility index (Phi) is 6.94. The van der Waals surface area contributed by atoms with E-state index in [1.54, 1.807) is 37.3 Å². The molecule has 0 fully saturated rings. The van der Waals surface area contributed by atoms with E-state index >= 15 is 0 Å². The van der Waals surface area contributed by atoms with Crippen molar-refractivity contribution in [2.75, 3.05) is 0 Å². The Morgan fingerprint density at radius 3 is 2.45 bits per heavy atom. The number of nitrogens with zero attached hydrogens (tertiary/aromatic N) is 1. The molecule has 0 spiro atoms. The van der Waals surface area contributed by atoms with E-state index in [9.17, 15) is 23.7 Å². The molecular formula is C25H24FNO5P+. The monoisotopic (exact) mass is 468 g/mol. The number of fused-ring (bicyclic) bond motifs is 1. The Hall–Kier alpha value is -3.17. The van der Waals surface area contributed by atoms with E-state index in [-0.39, 0.29) is 11.7 Å². The van der Waals surface area contributed by atoms with Crippen LogP contribution in [0.4, 0.5) is 4.39 Å². The number of carbonyl (C=O) groups is 1. The molecule has 1 aromatic heterocycles. The summed E-state index contributed by atoms with van der Waals surface area (Å²) in [5.41, 5.74) is 2.45. The molecule has 0 aliphatic heterocycles. The number of pyridine rings is 1. The second kappa shape index (κ2) is 9.36. The van der Waals surface area contributed by atoms with Crippen LogP contribution in [0, 0.1) is 25.1 Å². The normalized spacial score (nSPS) is 14.5. The van der Waals surface area contributed by atoms with Gasteiger partial charge in [0.25, 0.3) is 0 Å². The van der Waals surface area contributed by atoms with E-state index in [1.165, 1.54) is 6.07 Å². The summed E-state index contributed by atoms with van der Waals surface area (Å²) in [5.74, 6) is 0.153. The van der Waals surface area contributed by atoms with E-state index in [0.29, 0.717) is 33.3 Å². The number of hydrogen-bond acceptors (Lipinski definition) is 5. The maximum absolute atomic E-state index is 14.0. The van der Waals surface area contributed by atoms with E-state index < -0.39 is 31.1 Å². The molecule has 3 rings (SSSR count). The first kappa shape index (κ1) is 24.5. The van der Waals surface area contributed by atoms with Crippen LogP contribution in [0.1, 0.15) is 37.9 Å². The molecule has 0 aliphatic rings. The Morgan fingerprint density at radius 1 is 1.24 bits per heavy atom. The van der Waals surface area contributed by atoms with Gasteiger partial charge in [-0.25, -0.2) is 14.2 Å². The summed E-state index contributed by atoms with van der Waals surface area (Å²) in [7, 11) is -3.34. The first-order valence-electron chi connectivity index (χ1n) is 10.3. The van der Waals surface area contributed by atoms with Crippen molar-refractivity contribution >= 4 is 24.9 Å². The number of carbonyl (C=O) groups excluding carboxylic acids is 1. The van der Waals surface area contributed by atoms with Gasteiger partial charge in [-0.05, 0) is 59.6 Å². The van der Waals surface area contributed by atoms with E-state index in [1.807, 2.05) is 25.8 Å². The van der Waals surface area contributed by atoms with Gasteiger partial charge in [0.15, 0.2) is 5.75 Å². The number of aliphatic hydroxyl groups is 1. The fraction of sp³-hybridized carbons (Fsp3) is 0.280. The molecule has 0 aliphatic carbocycles. The van der Waals surface area contributed by atoms with Gasteiger partial charge in [-0.15, -0.1) is 6.42 Å². The Morgan fingerprint density at radius 2 is 1.91 bits per heavy atom. The predicted octanol–water partition coefficient (Wildman–Crippen LogP) is 4.87. The maximum atomic E-state index is 14.0. The summed E-state index contributed by atoms with van der Waals surface area (Å²) in [6.07, 6.45) is 3.77. The molecule has 2 N–H and O–H groups in total. The zero-order valence-corrected chi connectivity index (χ0v) is 19.6. The summed E-state index contributed by atoms with van der Waals surface area (Å²) >= 11 is 0. The highest BCUT2D eigenvalue weighted by molar-refractivity contribution is 7.42. The third kappa shape index (κ3) is 4.26. The third-order valence-electron chi connectivity index (χ3n) is 5.50. The average Bonchev–Trinajstić information content (AvgIpc) is 2.75. The average molecular weight is 468 g/mol. The van der Waals surface area contributed by atoms with Crippen LogP contribution in [-0.4, -0.2) is 32.2 Å². The van der Waals surface area contributed by atoms with Gasteiger partial charge in [0, 0.05) is 10.9 Å². The minimum absolute atomic E-state index is 0.0387. The number of hydrogen-bond donors (Lipinski definition) is 2. The van der Waals surface area contributed by atoms with Crippen LogP contribution >= 0.6 is 8.03 Å². The largest absolute Gasteiger partial charge is 0.540 e. The number of terminal acetylenes is 1. The lowest BCUT2D eigenvalue weighted by molar-refractivity contribution is -0.138. The van der Waals surface area contributed by atoms with Crippen LogP contribution in [0.5, 0.6) is 5.75 Å². The topological polar surface area (TPSA) is 96.7 Å². The molecule has 0 amide bonds. The first-order chi connectivity index (χ1) is 15.5. The SMILES string of the molecule is C#CC(C(=O)Oc1c(C(C)C)nc2ccccc2c1-c1ccc(F)c(C)c1)(C(C)O)[P+](=O)O. The molecule has 3 aromatic rings. The number of benzene rings is 2. The van der Waals surface area contributed by atoms with Crippen LogP contribution in [0.15, 0.2) is 42.5 Å². The molecule has 8 heteroatoms. The smallest absolute Gasteiger partial charge is 0.419 e. The molecule has 3 atom stereocenters. The maximum Gasteiger partial charge on any atom is 0.540 e. The fourth-order valence-electron chi connectivity index (χ4n) is 3.61. The number of aromatic nitrogens is 1. The molecule has 6 nitrogen and oxygen atoms in total. The summed E-state index contributed by atoms with van der Waals surface area (Å²) in [5, 5.41) is 8.31. The number of aliphatic hydroxyl groups excluding tert-OH is 1. The van der Waals surface area contributed by atoms with Crippen molar-refractivity contribution in [3.05, 3.63) is 59.5 Å². The molecule has 0 saturated heterocycles. The summed E-state index contributed by atoms with van der Waals surface area (Å²) in [6.45, 7) is 6.47. The zero-order valence-electron chi connectivity index (χ0n) is 18.7. The molecule has 33 heavy (non-hydrogen) atoms. The molecular weight excluding hydrogens is 444 g/mol. The van der Waals surface area contributed by atoms with Crippen molar-refractivity contribution in [1.29, 1.82) is 0 Å². The van der Waals surface area contributed by atoms with E-state index in [4.69, 9.17) is 11.2 Å². The lowest BCUT2D eigenvalue weighted by atomic mass is 9.94. The Bertz CT molecular complexity index is 1300. The standard InChI is InChI=1S/C25H23FNO5P/c1-6-25(16(5)28,33(30)31)24(29)32-23-21(17-11-12-19(26)15(4)13-17)18-9-7-8-10-20(18)27-22(23)14(2)3/h1,7-14,16,28H,2-5H3/p+1. The number of aryl methyl sites for hydroxylation is 1. The second-order valence-corrected chi connectivity index (χ2v) is 9.34. The van der Waals surface area contributed by atoms with Gasteiger partial charge >= 0.3 is 19.2 Å². The molecule has 3 unspecified atom stereocenters. The van der Waals surface area contributed by atoms with Gasteiger partial charge in [-0.1, -0.05) is 38.1 Å². The lowest BCUT2D eigenvalue weighted by Crippen LogP contribution is -2.46. The number of ether oxygens (including phenoxy) is 1. The minimum atomic E-state index is -3.34. The summed E-state index contributed by atoms with van der Waals surface area (Å²) in [6, 6.07) is 11.7. The van der Waals surface area contributed by atoms with Crippen molar-refractivity contribution in [3.8, 4) is 29.2 Å². The molecule has 170 valence electrons. The zero-order chi connectivity index (χ0) is 24.5. The van der Waals surface area contributed by atoms with Crippen molar-refractivity contribution < 1.29 is 28.5 Å². The molecule has 0 bridgehead atoms. The van der Waals surface area contributed by atoms with Crippen LogP contribution in [0.2, 0.25) is 0 Å². The van der Waals surface area contributed by atoms with Gasteiger partial charge < -0.3 is 9.84 Å². The van der Waals surface area contributed by atoms with E-state index in [2.05, 4.69) is 4.98 Å². The van der Waals surface area contributed by atoms with Crippen molar-refractivity contribution in [2.24, 2.45) is 0 Å². The number of rotatable bonds is 6. The Balaban J connectivity index is 2.37. The van der Waals surface area contributed by atoms with Gasteiger partial charge in [0.2, 0.25) is 0 Å². The molecule has 0 radical (unpaired) electrons. The lowest BCUT2D eigenvalue weighted by Gasteiger charge is -2.22. The third-order valence-corrected chi connectivity index (χ3v) is 6.79. The highest BCUT2D eigenvalue weighted by Crippen LogP contribution is 2.44. The highest BCUT2D eigenvalue weighted by Gasteiger charge is 2.62. The van der Waals surface area contributed by atoms with Gasteiger partial charge in [0.1, 0.15) is 11.9 Å². The Labute approximate surface area is 192 Å². The summed E-state index contributed by atoms with van der Waals surface area (Å²) < 4.78 is 31.8. The van der Waals surface area contributed by atoms with Crippen molar-refractivity contribution in [1.82, 2.24) is 4.98 Å². The quantitative estimate of drug-likeness (QED) is 0.305. The highest BCUT2D eigenvalue weighted by atomic mass is 31.1. The number of para-hydroxylation sites is 1. The predicted molar refractivity (Wildman–Crippen MR) is 125 cm³/mol. The fourth-order valence-corrected chi connectivity index (χ4v) is 4.24. The number of halogens is 1.